The van der Waals surface area contributed by atoms with Gasteiger partial charge in [0.25, 0.3) is 0 Å². The number of aliphatic hydroxyl groups excluding tert-OH is 1. The summed E-state index contributed by atoms with van der Waals surface area (Å²) in [7, 11) is 0. The van der Waals surface area contributed by atoms with Crippen LogP contribution in [0.2, 0.25) is 0 Å². The fourth-order valence-electron chi connectivity index (χ4n) is 2.20. The van der Waals surface area contributed by atoms with Crippen molar-refractivity contribution < 1.29 is 5.11 Å². The fraction of sp³-hybridized carbons (Fsp3) is 0.538. The molecule has 1 aliphatic rings. The Hall–Kier alpha value is -0.860. The number of likely N-dealkylation sites (tertiary alicyclic amines) is 1. The van der Waals surface area contributed by atoms with Crippen LogP contribution in [-0.2, 0) is 6.54 Å². The molecule has 0 saturated carbocycles. The standard InChI is InChI=1S/C13H19NO/c1-11-9-14(8-7-13(11)15)10-12-5-3-2-4-6-12/h2-6,11,13,15H,7-10H2,1H3/t11-,13-/m1/s1. The van der Waals surface area contributed by atoms with Gasteiger partial charge in [-0.3, -0.25) is 4.90 Å². The normalized spacial score (nSPS) is 27.9. The molecule has 0 aliphatic carbocycles. The summed E-state index contributed by atoms with van der Waals surface area (Å²) in [5, 5.41) is 9.63. The van der Waals surface area contributed by atoms with E-state index in [1.165, 1.54) is 5.56 Å². The predicted molar refractivity (Wildman–Crippen MR) is 61.5 cm³/mol. The molecule has 0 unspecified atom stereocenters. The Morgan fingerprint density at radius 1 is 1.33 bits per heavy atom. The quantitative estimate of drug-likeness (QED) is 0.797. The van der Waals surface area contributed by atoms with E-state index in [1.807, 2.05) is 6.07 Å². The highest BCUT2D eigenvalue weighted by Gasteiger charge is 2.23. The molecular weight excluding hydrogens is 186 g/mol. The summed E-state index contributed by atoms with van der Waals surface area (Å²) in [6.07, 6.45) is 0.811. The van der Waals surface area contributed by atoms with E-state index in [1.54, 1.807) is 0 Å². The van der Waals surface area contributed by atoms with E-state index in [0.29, 0.717) is 5.92 Å². The SMILES string of the molecule is C[C@@H]1CN(Cc2ccccc2)CC[C@H]1O. The molecule has 0 radical (unpaired) electrons. The highest BCUT2D eigenvalue weighted by molar-refractivity contribution is 5.14. The minimum Gasteiger partial charge on any atom is -0.393 e. The first-order valence-corrected chi connectivity index (χ1v) is 5.70. The van der Waals surface area contributed by atoms with E-state index in [2.05, 4.69) is 36.1 Å². The van der Waals surface area contributed by atoms with Crippen LogP contribution in [0.5, 0.6) is 0 Å². The maximum atomic E-state index is 9.63. The van der Waals surface area contributed by atoms with Crippen molar-refractivity contribution in [2.24, 2.45) is 5.92 Å². The Balaban J connectivity index is 1.91. The average Bonchev–Trinajstić information content (AvgIpc) is 2.25. The van der Waals surface area contributed by atoms with E-state index in [0.717, 1.165) is 26.1 Å². The van der Waals surface area contributed by atoms with Crippen molar-refractivity contribution in [2.75, 3.05) is 13.1 Å². The summed E-state index contributed by atoms with van der Waals surface area (Å²) in [6, 6.07) is 10.5. The number of piperidine rings is 1. The third kappa shape index (κ3) is 2.80. The zero-order valence-electron chi connectivity index (χ0n) is 9.26. The van der Waals surface area contributed by atoms with Gasteiger partial charge in [-0.1, -0.05) is 37.3 Å². The van der Waals surface area contributed by atoms with Crippen LogP contribution in [0.3, 0.4) is 0 Å². The van der Waals surface area contributed by atoms with E-state index < -0.39 is 0 Å². The Morgan fingerprint density at radius 3 is 2.73 bits per heavy atom. The zero-order chi connectivity index (χ0) is 10.7. The second-order valence-corrected chi connectivity index (χ2v) is 4.55. The molecule has 0 spiro atoms. The first kappa shape index (κ1) is 10.7. The molecule has 1 heterocycles. The number of nitrogens with zero attached hydrogens (tertiary/aromatic N) is 1. The van der Waals surface area contributed by atoms with Gasteiger partial charge in [0, 0.05) is 19.6 Å². The van der Waals surface area contributed by atoms with Gasteiger partial charge in [0.05, 0.1) is 6.10 Å². The van der Waals surface area contributed by atoms with Crippen molar-refractivity contribution in [1.29, 1.82) is 0 Å². The summed E-state index contributed by atoms with van der Waals surface area (Å²) in [5.41, 5.74) is 1.36. The second kappa shape index (κ2) is 4.77. The Bertz CT molecular complexity index is 299. The van der Waals surface area contributed by atoms with Gasteiger partial charge in [-0.05, 0) is 17.9 Å². The molecule has 2 nitrogen and oxygen atoms in total. The molecule has 2 atom stereocenters. The fourth-order valence-corrected chi connectivity index (χ4v) is 2.20. The molecule has 2 rings (SSSR count). The van der Waals surface area contributed by atoms with Gasteiger partial charge in [-0.25, -0.2) is 0 Å². The van der Waals surface area contributed by atoms with Crippen LogP contribution < -0.4 is 0 Å². The summed E-state index contributed by atoms with van der Waals surface area (Å²) >= 11 is 0. The smallest absolute Gasteiger partial charge is 0.0590 e. The third-order valence-electron chi connectivity index (χ3n) is 3.19. The van der Waals surface area contributed by atoms with E-state index >= 15 is 0 Å². The molecule has 0 bridgehead atoms. The Morgan fingerprint density at radius 2 is 2.07 bits per heavy atom. The van der Waals surface area contributed by atoms with E-state index in [9.17, 15) is 5.11 Å². The number of rotatable bonds is 2. The molecule has 15 heavy (non-hydrogen) atoms. The predicted octanol–water partition coefficient (Wildman–Crippen LogP) is 1.89. The molecule has 1 fully saturated rings. The first-order valence-electron chi connectivity index (χ1n) is 5.70. The van der Waals surface area contributed by atoms with Crippen molar-refractivity contribution >= 4 is 0 Å². The Labute approximate surface area is 91.5 Å². The Kier molecular flexibility index (Phi) is 3.39. The van der Waals surface area contributed by atoms with Gasteiger partial charge in [-0.15, -0.1) is 0 Å². The molecule has 0 aromatic heterocycles. The van der Waals surface area contributed by atoms with Gasteiger partial charge in [-0.2, -0.15) is 0 Å². The molecule has 1 aromatic carbocycles. The van der Waals surface area contributed by atoms with Crippen LogP contribution in [0.4, 0.5) is 0 Å². The largest absolute Gasteiger partial charge is 0.393 e. The summed E-state index contributed by atoms with van der Waals surface area (Å²) in [6.45, 7) is 5.16. The molecule has 1 saturated heterocycles. The maximum absolute atomic E-state index is 9.63. The zero-order valence-corrected chi connectivity index (χ0v) is 9.26. The number of hydrogen-bond donors (Lipinski definition) is 1. The molecular formula is C13H19NO. The van der Waals surface area contributed by atoms with Crippen molar-refractivity contribution in [3.63, 3.8) is 0 Å². The van der Waals surface area contributed by atoms with Gasteiger partial charge < -0.3 is 5.11 Å². The summed E-state index contributed by atoms with van der Waals surface area (Å²) < 4.78 is 0. The highest BCUT2D eigenvalue weighted by atomic mass is 16.3. The lowest BCUT2D eigenvalue weighted by Crippen LogP contribution is -2.41. The first-order chi connectivity index (χ1) is 7.25. The lowest BCUT2D eigenvalue weighted by Gasteiger charge is -2.34. The molecule has 82 valence electrons. The minimum atomic E-state index is -0.1000. The lowest BCUT2D eigenvalue weighted by molar-refractivity contribution is 0.0320. The summed E-state index contributed by atoms with van der Waals surface area (Å²) in [4.78, 5) is 2.42. The van der Waals surface area contributed by atoms with Gasteiger partial charge in [0.2, 0.25) is 0 Å². The van der Waals surface area contributed by atoms with Gasteiger partial charge >= 0.3 is 0 Å². The topological polar surface area (TPSA) is 23.5 Å². The van der Waals surface area contributed by atoms with Crippen LogP contribution >= 0.6 is 0 Å². The molecule has 2 heteroatoms. The minimum absolute atomic E-state index is 0.1000. The van der Waals surface area contributed by atoms with E-state index in [4.69, 9.17) is 0 Å². The third-order valence-corrected chi connectivity index (χ3v) is 3.19. The molecule has 1 N–H and O–H groups in total. The number of hydrogen-bond acceptors (Lipinski definition) is 2. The average molecular weight is 205 g/mol. The monoisotopic (exact) mass is 205 g/mol. The maximum Gasteiger partial charge on any atom is 0.0590 e. The van der Waals surface area contributed by atoms with Crippen LogP contribution in [-0.4, -0.2) is 29.2 Å². The lowest BCUT2D eigenvalue weighted by atomic mass is 9.96. The van der Waals surface area contributed by atoms with Crippen molar-refractivity contribution in [3.05, 3.63) is 35.9 Å². The molecule has 1 aliphatic heterocycles. The van der Waals surface area contributed by atoms with Crippen LogP contribution in [0.25, 0.3) is 0 Å². The number of aliphatic hydroxyl groups is 1. The summed E-state index contributed by atoms with van der Waals surface area (Å²) in [5.74, 6) is 0.405. The second-order valence-electron chi connectivity index (χ2n) is 4.55. The van der Waals surface area contributed by atoms with E-state index in [-0.39, 0.29) is 6.10 Å². The van der Waals surface area contributed by atoms with Crippen LogP contribution in [0.1, 0.15) is 18.9 Å². The van der Waals surface area contributed by atoms with Crippen molar-refractivity contribution in [2.45, 2.75) is 26.0 Å². The highest BCUT2D eigenvalue weighted by Crippen LogP contribution is 2.18. The number of benzene rings is 1. The molecule has 1 aromatic rings. The van der Waals surface area contributed by atoms with Crippen molar-refractivity contribution in [3.8, 4) is 0 Å². The van der Waals surface area contributed by atoms with Gasteiger partial charge in [0.15, 0.2) is 0 Å². The molecule has 0 amide bonds. The van der Waals surface area contributed by atoms with Gasteiger partial charge in [0.1, 0.15) is 0 Å². The van der Waals surface area contributed by atoms with Crippen molar-refractivity contribution in [1.82, 2.24) is 4.90 Å². The van der Waals surface area contributed by atoms with Crippen LogP contribution in [0.15, 0.2) is 30.3 Å². The van der Waals surface area contributed by atoms with Crippen LogP contribution in [0, 0.1) is 5.92 Å².